The summed E-state index contributed by atoms with van der Waals surface area (Å²) in [5.74, 6) is 0.404. The second-order valence-corrected chi connectivity index (χ2v) is 5.59. The molecule has 1 aromatic rings. The number of hydrogen-bond donors (Lipinski definition) is 1. The third kappa shape index (κ3) is 4.23. The van der Waals surface area contributed by atoms with Crippen LogP contribution in [0.15, 0.2) is 22.7 Å². The van der Waals surface area contributed by atoms with E-state index in [9.17, 15) is 4.39 Å². The molecule has 1 rings (SSSR count). The van der Waals surface area contributed by atoms with Crippen molar-refractivity contribution in [2.45, 2.75) is 38.8 Å². The van der Waals surface area contributed by atoms with E-state index in [2.05, 4.69) is 35.1 Å². The second-order valence-electron chi connectivity index (χ2n) is 4.42. The van der Waals surface area contributed by atoms with Crippen molar-refractivity contribution in [3.8, 4) is 0 Å². The molecule has 0 aliphatic heterocycles. The van der Waals surface area contributed by atoms with Crippen LogP contribution in [0.3, 0.4) is 0 Å². The molecule has 0 aliphatic carbocycles. The molecule has 1 atom stereocenters. The lowest BCUT2D eigenvalue weighted by Crippen LogP contribution is -2.41. The van der Waals surface area contributed by atoms with Gasteiger partial charge in [-0.25, -0.2) is 4.39 Å². The fraction of sp³-hybridized carbons (Fsp3) is 0.538. The Hall–Kier alpha value is -0.120. The first-order valence-corrected chi connectivity index (χ1v) is 7.09. The minimum Gasteiger partial charge on any atom is -0.307 e. The van der Waals surface area contributed by atoms with Crippen molar-refractivity contribution in [2.24, 2.45) is 0 Å². The number of rotatable bonds is 6. The van der Waals surface area contributed by atoms with Gasteiger partial charge in [-0.2, -0.15) is 0 Å². The maximum absolute atomic E-state index is 13.3. The number of hydrogen-bond acceptors (Lipinski definition) is 1. The van der Waals surface area contributed by atoms with Crippen molar-refractivity contribution in [2.75, 3.05) is 5.88 Å². The van der Waals surface area contributed by atoms with Crippen LogP contribution in [0.2, 0.25) is 0 Å². The summed E-state index contributed by atoms with van der Waals surface area (Å²) in [6.07, 6.45) is 1.89. The summed E-state index contributed by atoms with van der Waals surface area (Å²) in [5, 5.41) is 3.45. The van der Waals surface area contributed by atoms with E-state index in [1.165, 1.54) is 6.07 Å². The van der Waals surface area contributed by atoms with Crippen LogP contribution < -0.4 is 5.32 Å². The average molecular weight is 323 g/mol. The molecule has 0 saturated carbocycles. The molecule has 1 unspecified atom stereocenters. The highest BCUT2D eigenvalue weighted by Crippen LogP contribution is 2.22. The van der Waals surface area contributed by atoms with E-state index in [-0.39, 0.29) is 11.4 Å². The third-order valence-corrected chi connectivity index (χ3v) is 4.24. The van der Waals surface area contributed by atoms with E-state index in [1.54, 1.807) is 6.07 Å². The van der Waals surface area contributed by atoms with Gasteiger partial charge in [-0.1, -0.05) is 19.1 Å². The number of benzene rings is 1. The third-order valence-electron chi connectivity index (χ3n) is 3.16. The highest BCUT2D eigenvalue weighted by atomic mass is 79.9. The van der Waals surface area contributed by atoms with Gasteiger partial charge >= 0.3 is 0 Å². The molecule has 0 heterocycles. The van der Waals surface area contributed by atoms with E-state index < -0.39 is 0 Å². The molecule has 0 spiro atoms. The molecule has 96 valence electrons. The van der Waals surface area contributed by atoms with Gasteiger partial charge in [0, 0.05) is 18.0 Å². The van der Waals surface area contributed by atoms with Crippen LogP contribution in [0, 0.1) is 5.82 Å². The number of nitrogens with one attached hydrogen (secondary N) is 1. The molecule has 0 bridgehead atoms. The molecule has 1 N–H and O–H groups in total. The Bertz CT molecular complexity index is 372. The van der Waals surface area contributed by atoms with Crippen LogP contribution in [0.1, 0.15) is 32.3 Å². The molecule has 0 aromatic heterocycles. The first-order chi connectivity index (χ1) is 8.02. The van der Waals surface area contributed by atoms with Crippen LogP contribution in [0.25, 0.3) is 0 Å². The monoisotopic (exact) mass is 321 g/mol. The summed E-state index contributed by atoms with van der Waals surface area (Å²) in [7, 11) is 0. The van der Waals surface area contributed by atoms with Crippen LogP contribution >= 0.6 is 27.5 Å². The zero-order valence-electron chi connectivity index (χ0n) is 10.2. The van der Waals surface area contributed by atoms with Gasteiger partial charge in [0.1, 0.15) is 5.82 Å². The van der Waals surface area contributed by atoms with Crippen molar-refractivity contribution in [1.29, 1.82) is 0 Å². The van der Waals surface area contributed by atoms with Crippen LogP contribution in [-0.2, 0) is 6.54 Å². The van der Waals surface area contributed by atoms with Gasteiger partial charge in [-0.05, 0) is 47.3 Å². The molecule has 17 heavy (non-hydrogen) atoms. The highest BCUT2D eigenvalue weighted by molar-refractivity contribution is 9.10. The standard InChI is InChI=1S/C13H18BrClFN/c1-3-13(2,7-8-15)17-9-10-5-4-6-11(16)12(10)14/h4-6,17H,3,7-9H2,1-2H3. The van der Waals surface area contributed by atoms with Gasteiger partial charge in [0.25, 0.3) is 0 Å². The van der Waals surface area contributed by atoms with Crippen LogP contribution in [-0.4, -0.2) is 11.4 Å². The normalized spacial score (nSPS) is 14.6. The lowest BCUT2D eigenvalue weighted by atomic mass is 9.95. The number of halogens is 3. The van der Waals surface area contributed by atoms with Crippen molar-refractivity contribution in [3.05, 3.63) is 34.1 Å². The Morgan fingerprint density at radius 3 is 2.76 bits per heavy atom. The van der Waals surface area contributed by atoms with Crippen molar-refractivity contribution in [1.82, 2.24) is 5.32 Å². The maximum Gasteiger partial charge on any atom is 0.137 e. The molecular formula is C13H18BrClFN. The molecule has 0 aliphatic rings. The van der Waals surface area contributed by atoms with Crippen molar-refractivity contribution >= 4 is 27.5 Å². The summed E-state index contributed by atoms with van der Waals surface area (Å²) in [6, 6.07) is 5.09. The Morgan fingerprint density at radius 2 is 2.18 bits per heavy atom. The molecule has 0 fully saturated rings. The fourth-order valence-corrected chi connectivity index (χ4v) is 2.41. The predicted octanol–water partition coefficient (Wildman–Crippen LogP) is 4.48. The Kier molecular flexibility index (Phi) is 5.90. The fourth-order valence-electron chi connectivity index (χ4n) is 1.59. The summed E-state index contributed by atoms with van der Waals surface area (Å²) in [4.78, 5) is 0. The van der Waals surface area contributed by atoms with Gasteiger partial charge in [0.05, 0.1) is 4.47 Å². The summed E-state index contributed by atoms with van der Waals surface area (Å²) < 4.78 is 13.9. The zero-order chi connectivity index (χ0) is 12.9. The van der Waals surface area contributed by atoms with Crippen LogP contribution in [0.5, 0.6) is 0 Å². The van der Waals surface area contributed by atoms with Gasteiger partial charge in [-0.15, -0.1) is 11.6 Å². The first kappa shape index (κ1) is 14.9. The molecule has 1 aromatic carbocycles. The Balaban J connectivity index is 2.69. The average Bonchev–Trinajstić information content (AvgIpc) is 2.31. The smallest absolute Gasteiger partial charge is 0.137 e. The van der Waals surface area contributed by atoms with E-state index in [0.717, 1.165) is 18.4 Å². The van der Waals surface area contributed by atoms with Crippen molar-refractivity contribution in [3.63, 3.8) is 0 Å². The topological polar surface area (TPSA) is 12.0 Å². The quantitative estimate of drug-likeness (QED) is 0.762. The molecular weight excluding hydrogens is 305 g/mol. The molecule has 4 heteroatoms. The second kappa shape index (κ2) is 6.72. The van der Waals surface area contributed by atoms with E-state index in [4.69, 9.17) is 11.6 Å². The predicted molar refractivity (Wildman–Crippen MR) is 75.0 cm³/mol. The van der Waals surface area contributed by atoms with Gasteiger partial charge in [0.2, 0.25) is 0 Å². The van der Waals surface area contributed by atoms with Gasteiger partial charge in [-0.3, -0.25) is 0 Å². The SMILES string of the molecule is CCC(C)(CCCl)NCc1cccc(F)c1Br. The van der Waals surface area contributed by atoms with E-state index >= 15 is 0 Å². The minimum atomic E-state index is -0.222. The molecule has 1 nitrogen and oxygen atoms in total. The zero-order valence-corrected chi connectivity index (χ0v) is 12.5. The Morgan fingerprint density at radius 1 is 1.47 bits per heavy atom. The van der Waals surface area contributed by atoms with E-state index in [0.29, 0.717) is 16.9 Å². The molecule has 0 amide bonds. The minimum absolute atomic E-state index is 0.00745. The van der Waals surface area contributed by atoms with Gasteiger partial charge < -0.3 is 5.32 Å². The largest absolute Gasteiger partial charge is 0.307 e. The van der Waals surface area contributed by atoms with E-state index in [1.807, 2.05) is 6.07 Å². The molecule has 0 saturated heterocycles. The van der Waals surface area contributed by atoms with Crippen LogP contribution in [0.4, 0.5) is 4.39 Å². The summed E-state index contributed by atoms with van der Waals surface area (Å²) in [5.41, 5.74) is 0.937. The highest BCUT2D eigenvalue weighted by Gasteiger charge is 2.20. The van der Waals surface area contributed by atoms with Crippen molar-refractivity contribution < 1.29 is 4.39 Å². The number of alkyl halides is 1. The summed E-state index contributed by atoms with van der Waals surface area (Å²) >= 11 is 9.06. The first-order valence-electron chi connectivity index (χ1n) is 5.76. The molecule has 0 radical (unpaired) electrons. The summed E-state index contributed by atoms with van der Waals surface area (Å²) in [6.45, 7) is 4.91. The maximum atomic E-state index is 13.3. The van der Waals surface area contributed by atoms with Gasteiger partial charge in [0.15, 0.2) is 0 Å². The Labute approximate surface area is 116 Å². The lowest BCUT2D eigenvalue weighted by Gasteiger charge is -2.29. The lowest BCUT2D eigenvalue weighted by molar-refractivity contribution is 0.330.